The summed E-state index contributed by atoms with van der Waals surface area (Å²) >= 11 is 0. The lowest BCUT2D eigenvalue weighted by Gasteiger charge is -2.11. The fourth-order valence-electron chi connectivity index (χ4n) is 1.98. The third-order valence-corrected chi connectivity index (χ3v) is 2.89. The maximum absolute atomic E-state index is 11.6. The number of nitrogens with zero attached hydrogens (tertiary/aromatic N) is 3. The van der Waals surface area contributed by atoms with Crippen molar-refractivity contribution in [3.8, 4) is 0 Å². The molecule has 0 aromatic carbocycles. The number of amides is 1. The Hall–Kier alpha value is -1.43. The molecular weight excluding hydrogens is 220 g/mol. The topological polar surface area (TPSA) is 69.0 Å². The molecule has 1 atom stereocenters. The third-order valence-electron chi connectivity index (χ3n) is 2.89. The number of aromatic nitrogens is 3. The van der Waals surface area contributed by atoms with E-state index in [1.807, 2.05) is 6.92 Å². The number of ether oxygens (including phenoxy) is 1. The molecule has 0 aliphatic carbocycles. The summed E-state index contributed by atoms with van der Waals surface area (Å²) < 4.78 is 7.29. The first kappa shape index (κ1) is 12.0. The molecule has 0 bridgehead atoms. The standard InChI is InChI=1S/C11H18N4O2/c1-3-17-8(2)11(16)12-7-10-14-13-9-5-4-6-15(9)10/h8H,3-7H2,1-2H3,(H,12,16). The van der Waals surface area contributed by atoms with E-state index in [0.29, 0.717) is 13.2 Å². The molecule has 1 N–H and O–H groups in total. The van der Waals surface area contributed by atoms with E-state index in [1.54, 1.807) is 6.92 Å². The van der Waals surface area contributed by atoms with Gasteiger partial charge >= 0.3 is 0 Å². The van der Waals surface area contributed by atoms with Crippen LogP contribution in [0.5, 0.6) is 0 Å². The monoisotopic (exact) mass is 238 g/mol. The van der Waals surface area contributed by atoms with Gasteiger partial charge in [0.25, 0.3) is 0 Å². The van der Waals surface area contributed by atoms with Crippen LogP contribution in [0.15, 0.2) is 0 Å². The van der Waals surface area contributed by atoms with E-state index < -0.39 is 6.10 Å². The highest BCUT2D eigenvalue weighted by Gasteiger charge is 2.18. The molecule has 2 heterocycles. The van der Waals surface area contributed by atoms with Crippen molar-refractivity contribution in [3.63, 3.8) is 0 Å². The van der Waals surface area contributed by atoms with Crippen LogP contribution >= 0.6 is 0 Å². The summed E-state index contributed by atoms with van der Waals surface area (Å²) in [6.45, 7) is 5.52. The van der Waals surface area contributed by atoms with E-state index in [-0.39, 0.29) is 5.91 Å². The Bertz CT molecular complexity index is 402. The number of hydrogen-bond acceptors (Lipinski definition) is 4. The zero-order valence-electron chi connectivity index (χ0n) is 10.3. The van der Waals surface area contributed by atoms with Crippen LogP contribution in [0, 0.1) is 0 Å². The molecule has 6 heteroatoms. The van der Waals surface area contributed by atoms with Crippen molar-refractivity contribution >= 4 is 5.91 Å². The molecule has 1 unspecified atom stereocenters. The Morgan fingerprint density at radius 1 is 1.59 bits per heavy atom. The Morgan fingerprint density at radius 2 is 2.41 bits per heavy atom. The number of rotatable bonds is 5. The first-order valence-corrected chi connectivity index (χ1v) is 6.02. The summed E-state index contributed by atoms with van der Waals surface area (Å²) in [5, 5.41) is 11.0. The van der Waals surface area contributed by atoms with E-state index in [2.05, 4.69) is 20.1 Å². The minimum Gasteiger partial charge on any atom is -0.369 e. The highest BCUT2D eigenvalue weighted by molar-refractivity contribution is 5.80. The third kappa shape index (κ3) is 2.63. The molecule has 1 amide bonds. The lowest BCUT2D eigenvalue weighted by molar-refractivity contribution is -0.131. The smallest absolute Gasteiger partial charge is 0.249 e. The maximum Gasteiger partial charge on any atom is 0.249 e. The van der Waals surface area contributed by atoms with E-state index >= 15 is 0 Å². The van der Waals surface area contributed by atoms with Gasteiger partial charge in [-0.3, -0.25) is 4.79 Å². The summed E-state index contributed by atoms with van der Waals surface area (Å²) in [4.78, 5) is 11.6. The summed E-state index contributed by atoms with van der Waals surface area (Å²) in [5.41, 5.74) is 0. The fourth-order valence-corrected chi connectivity index (χ4v) is 1.98. The van der Waals surface area contributed by atoms with Gasteiger partial charge in [-0.15, -0.1) is 10.2 Å². The van der Waals surface area contributed by atoms with Crippen LogP contribution in [0.4, 0.5) is 0 Å². The van der Waals surface area contributed by atoms with Gasteiger partial charge in [0.05, 0.1) is 6.54 Å². The molecule has 1 aliphatic heterocycles. The normalized spacial score (nSPS) is 15.6. The van der Waals surface area contributed by atoms with Crippen LogP contribution in [0.3, 0.4) is 0 Å². The van der Waals surface area contributed by atoms with Crippen LogP contribution in [-0.4, -0.2) is 33.4 Å². The quantitative estimate of drug-likeness (QED) is 0.799. The summed E-state index contributed by atoms with van der Waals surface area (Å²) in [6, 6.07) is 0. The van der Waals surface area contributed by atoms with Crippen LogP contribution in [0.25, 0.3) is 0 Å². The van der Waals surface area contributed by atoms with E-state index in [4.69, 9.17) is 4.74 Å². The Labute approximate surface area is 100 Å². The molecule has 17 heavy (non-hydrogen) atoms. The average molecular weight is 238 g/mol. The van der Waals surface area contributed by atoms with Crippen LogP contribution < -0.4 is 5.32 Å². The van der Waals surface area contributed by atoms with E-state index in [9.17, 15) is 4.79 Å². The SMILES string of the molecule is CCOC(C)C(=O)NCc1nnc2n1CCC2. The number of hydrogen-bond donors (Lipinski definition) is 1. The highest BCUT2D eigenvalue weighted by Crippen LogP contribution is 2.13. The highest BCUT2D eigenvalue weighted by atomic mass is 16.5. The lowest BCUT2D eigenvalue weighted by atomic mass is 10.3. The molecule has 0 radical (unpaired) electrons. The minimum atomic E-state index is -0.416. The minimum absolute atomic E-state index is 0.109. The second kappa shape index (κ2) is 5.27. The molecular formula is C11H18N4O2. The molecule has 2 rings (SSSR count). The molecule has 0 fully saturated rings. The van der Waals surface area contributed by atoms with Gasteiger partial charge in [-0.05, 0) is 20.3 Å². The largest absolute Gasteiger partial charge is 0.369 e. The van der Waals surface area contributed by atoms with Crippen molar-refractivity contribution in [3.05, 3.63) is 11.6 Å². The Morgan fingerprint density at radius 3 is 3.18 bits per heavy atom. The predicted octanol–water partition coefficient (Wildman–Crippen LogP) is 0.265. The van der Waals surface area contributed by atoms with Gasteiger partial charge < -0.3 is 14.6 Å². The molecule has 0 saturated carbocycles. The second-order valence-electron chi connectivity index (χ2n) is 4.10. The number of carbonyl (C=O) groups is 1. The maximum atomic E-state index is 11.6. The number of carbonyl (C=O) groups excluding carboxylic acids is 1. The zero-order chi connectivity index (χ0) is 12.3. The summed E-state index contributed by atoms with van der Waals surface area (Å²) in [7, 11) is 0. The molecule has 94 valence electrons. The molecule has 6 nitrogen and oxygen atoms in total. The fraction of sp³-hybridized carbons (Fsp3) is 0.727. The van der Waals surface area contributed by atoms with Crippen molar-refractivity contribution < 1.29 is 9.53 Å². The van der Waals surface area contributed by atoms with Crippen molar-refractivity contribution in [2.75, 3.05) is 6.61 Å². The van der Waals surface area contributed by atoms with E-state index in [0.717, 1.165) is 31.0 Å². The lowest BCUT2D eigenvalue weighted by Crippen LogP contribution is -2.34. The van der Waals surface area contributed by atoms with Gasteiger partial charge in [-0.1, -0.05) is 0 Å². The van der Waals surface area contributed by atoms with Crippen LogP contribution in [0.1, 0.15) is 31.9 Å². The van der Waals surface area contributed by atoms with Gasteiger partial charge in [0.2, 0.25) is 5.91 Å². The molecule has 1 aromatic heterocycles. The zero-order valence-corrected chi connectivity index (χ0v) is 10.3. The van der Waals surface area contributed by atoms with Crippen molar-refractivity contribution in [2.24, 2.45) is 0 Å². The van der Waals surface area contributed by atoms with Gasteiger partial charge in [0, 0.05) is 19.6 Å². The van der Waals surface area contributed by atoms with Gasteiger partial charge in [-0.25, -0.2) is 0 Å². The summed E-state index contributed by atoms with van der Waals surface area (Å²) in [5.74, 6) is 1.74. The molecule has 0 saturated heterocycles. The Balaban J connectivity index is 1.87. The number of aryl methyl sites for hydroxylation is 1. The van der Waals surface area contributed by atoms with Crippen molar-refractivity contribution in [2.45, 2.75) is 45.9 Å². The number of nitrogens with one attached hydrogen (secondary N) is 1. The molecule has 1 aliphatic rings. The van der Waals surface area contributed by atoms with Gasteiger partial charge in [0.1, 0.15) is 11.9 Å². The average Bonchev–Trinajstić information content (AvgIpc) is 2.89. The molecule has 1 aromatic rings. The second-order valence-corrected chi connectivity index (χ2v) is 4.10. The Kier molecular flexibility index (Phi) is 3.73. The van der Waals surface area contributed by atoms with E-state index in [1.165, 1.54) is 0 Å². The van der Waals surface area contributed by atoms with Crippen molar-refractivity contribution in [1.82, 2.24) is 20.1 Å². The summed E-state index contributed by atoms with van der Waals surface area (Å²) in [6.07, 6.45) is 1.68. The predicted molar refractivity (Wildman–Crippen MR) is 61.3 cm³/mol. The van der Waals surface area contributed by atoms with Crippen molar-refractivity contribution in [1.29, 1.82) is 0 Å². The van der Waals surface area contributed by atoms with Gasteiger partial charge in [0.15, 0.2) is 5.82 Å². The molecule has 0 spiro atoms. The first-order chi connectivity index (χ1) is 8.22. The van der Waals surface area contributed by atoms with Crippen LogP contribution in [0.2, 0.25) is 0 Å². The van der Waals surface area contributed by atoms with Gasteiger partial charge in [-0.2, -0.15) is 0 Å². The first-order valence-electron chi connectivity index (χ1n) is 6.02. The van der Waals surface area contributed by atoms with Crippen LogP contribution in [-0.2, 0) is 29.0 Å². The number of fused-ring (bicyclic) bond motifs is 1.